The van der Waals surface area contributed by atoms with Gasteiger partial charge in [0.15, 0.2) is 0 Å². The quantitative estimate of drug-likeness (QED) is 0.427. The topological polar surface area (TPSA) is 32.3 Å². The highest BCUT2D eigenvalue weighted by Gasteiger charge is 1.63. The number of aliphatic hydroxyl groups is 1. The molecular formula is C3H8NO. The first-order valence-corrected chi connectivity index (χ1v) is 1.52. The van der Waals surface area contributed by atoms with Crippen molar-refractivity contribution in [1.29, 1.82) is 0 Å². The van der Waals surface area contributed by atoms with Crippen LogP contribution < -0.4 is 5.32 Å². The van der Waals surface area contributed by atoms with Gasteiger partial charge in [-0.3, -0.25) is 5.32 Å². The Kier molecular flexibility index (Phi) is 3.86. The van der Waals surface area contributed by atoms with E-state index in [1.54, 1.807) is 0 Å². The number of nitrogens with one attached hydrogen (secondary N) is 1. The predicted octanol–water partition coefficient (Wildman–Crippen LogP) is -0.640. The molecule has 0 unspecified atom stereocenters. The van der Waals surface area contributed by atoms with Gasteiger partial charge in [-0.2, -0.15) is 0 Å². The van der Waals surface area contributed by atoms with Crippen LogP contribution >= 0.6 is 0 Å². The number of rotatable bonds is 2. The normalized spacial score (nSPS) is 8.40. The average molecular weight is 74.1 g/mol. The van der Waals surface area contributed by atoms with Crippen molar-refractivity contribution in [3.05, 3.63) is 6.92 Å². The molecule has 31 valence electrons. The molecule has 0 aliphatic heterocycles. The molecule has 0 bridgehead atoms. The van der Waals surface area contributed by atoms with Gasteiger partial charge in [-0.05, 0) is 13.5 Å². The van der Waals surface area contributed by atoms with Crippen molar-refractivity contribution in [1.82, 2.24) is 5.32 Å². The molecule has 0 aromatic heterocycles. The Bertz CT molecular complexity index is 14.4. The largest absolute Gasteiger partial charge is 0.381 e. The van der Waals surface area contributed by atoms with Gasteiger partial charge in [0.25, 0.3) is 0 Å². The second-order valence-corrected chi connectivity index (χ2v) is 0.658. The van der Waals surface area contributed by atoms with Crippen molar-refractivity contribution >= 4 is 0 Å². The summed E-state index contributed by atoms with van der Waals surface area (Å²) in [4.78, 5) is 0. The van der Waals surface area contributed by atoms with Crippen molar-refractivity contribution in [2.75, 3.05) is 13.3 Å². The van der Waals surface area contributed by atoms with Crippen molar-refractivity contribution in [3.8, 4) is 0 Å². The van der Waals surface area contributed by atoms with Crippen LogP contribution in [0.3, 0.4) is 0 Å². The summed E-state index contributed by atoms with van der Waals surface area (Å²) in [6, 6.07) is 0. The lowest BCUT2D eigenvalue weighted by molar-refractivity contribution is 0.267. The molecule has 0 aromatic carbocycles. The molecule has 0 saturated carbocycles. The van der Waals surface area contributed by atoms with Crippen LogP contribution in [0.5, 0.6) is 0 Å². The van der Waals surface area contributed by atoms with E-state index < -0.39 is 0 Å². The van der Waals surface area contributed by atoms with Gasteiger partial charge in [-0.25, -0.2) is 0 Å². The van der Waals surface area contributed by atoms with Gasteiger partial charge in [-0.1, -0.05) is 0 Å². The second-order valence-electron chi connectivity index (χ2n) is 0.658. The van der Waals surface area contributed by atoms with E-state index in [4.69, 9.17) is 5.11 Å². The molecule has 2 N–H and O–H groups in total. The highest BCUT2D eigenvalue weighted by molar-refractivity contribution is 4.36. The summed E-state index contributed by atoms with van der Waals surface area (Å²) in [6.45, 7) is 4.03. The summed E-state index contributed by atoms with van der Waals surface area (Å²) in [5.41, 5.74) is 0. The Hall–Kier alpha value is -0.0800. The molecule has 0 rings (SSSR count). The van der Waals surface area contributed by atoms with Gasteiger partial charge in [0.05, 0.1) is 6.73 Å². The maximum atomic E-state index is 7.92. The van der Waals surface area contributed by atoms with E-state index in [-0.39, 0.29) is 6.73 Å². The van der Waals surface area contributed by atoms with E-state index >= 15 is 0 Å². The van der Waals surface area contributed by atoms with E-state index in [2.05, 4.69) is 12.2 Å². The van der Waals surface area contributed by atoms with E-state index in [1.807, 2.05) is 0 Å². The zero-order valence-electron chi connectivity index (χ0n) is 3.07. The first-order valence-electron chi connectivity index (χ1n) is 1.52. The highest BCUT2D eigenvalue weighted by Crippen LogP contribution is 1.42. The molecule has 5 heavy (non-hydrogen) atoms. The van der Waals surface area contributed by atoms with Crippen LogP contribution in [-0.2, 0) is 0 Å². The smallest absolute Gasteiger partial charge is 0.0931 e. The lowest BCUT2D eigenvalue weighted by Crippen LogP contribution is -2.12. The van der Waals surface area contributed by atoms with E-state index in [1.165, 1.54) is 0 Å². The minimum Gasteiger partial charge on any atom is -0.381 e. The Labute approximate surface area is 31.8 Å². The average Bonchev–Trinajstić information content (AvgIpc) is 1.41. The Morgan fingerprint density at radius 2 is 2.40 bits per heavy atom. The van der Waals surface area contributed by atoms with Crippen LogP contribution in [0.15, 0.2) is 0 Å². The fourth-order valence-electron chi connectivity index (χ4n) is 0.0791. The number of hydrogen-bond donors (Lipinski definition) is 2. The van der Waals surface area contributed by atoms with Gasteiger partial charge >= 0.3 is 0 Å². The molecule has 0 atom stereocenters. The summed E-state index contributed by atoms with van der Waals surface area (Å²) in [7, 11) is 0. The zero-order chi connectivity index (χ0) is 4.12. The minimum atomic E-state index is 0.0312. The van der Waals surface area contributed by atoms with Crippen LogP contribution in [0.25, 0.3) is 0 Å². The zero-order valence-corrected chi connectivity index (χ0v) is 3.07. The van der Waals surface area contributed by atoms with Crippen LogP contribution in [0, 0.1) is 6.92 Å². The minimum absolute atomic E-state index is 0.0312. The van der Waals surface area contributed by atoms with Crippen LogP contribution in [0.1, 0.15) is 0 Å². The second kappa shape index (κ2) is 3.92. The molecule has 0 saturated heterocycles. The Morgan fingerprint density at radius 1 is 1.80 bits per heavy atom. The van der Waals surface area contributed by atoms with Crippen molar-refractivity contribution in [3.63, 3.8) is 0 Å². The standard InChI is InChI=1S/C3H8NO/c1-2-4-3-5/h4-5H,1-3H2. The SMILES string of the molecule is [CH2]CNCO. The molecular weight excluding hydrogens is 66.0 g/mol. The molecule has 0 heterocycles. The molecule has 2 heteroatoms. The van der Waals surface area contributed by atoms with Gasteiger partial charge in [0.1, 0.15) is 0 Å². The maximum Gasteiger partial charge on any atom is 0.0931 e. The van der Waals surface area contributed by atoms with Gasteiger partial charge in [0.2, 0.25) is 0 Å². The van der Waals surface area contributed by atoms with E-state index in [0.717, 1.165) is 0 Å². The fourth-order valence-corrected chi connectivity index (χ4v) is 0.0791. The summed E-state index contributed by atoms with van der Waals surface area (Å²) in [5.74, 6) is 0. The molecule has 0 aliphatic carbocycles. The fraction of sp³-hybridized carbons (Fsp3) is 0.667. The van der Waals surface area contributed by atoms with Crippen LogP contribution in [0.2, 0.25) is 0 Å². The third kappa shape index (κ3) is 3.92. The van der Waals surface area contributed by atoms with Crippen molar-refractivity contribution < 1.29 is 5.11 Å². The van der Waals surface area contributed by atoms with E-state index in [9.17, 15) is 0 Å². The molecule has 0 aliphatic rings. The van der Waals surface area contributed by atoms with Gasteiger partial charge in [0, 0.05) is 0 Å². The van der Waals surface area contributed by atoms with Crippen molar-refractivity contribution in [2.24, 2.45) is 0 Å². The molecule has 0 spiro atoms. The summed E-state index contributed by atoms with van der Waals surface area (Å²) >= 11 is 0. The molecule has 1 radical (unpaired) electrons. The maximum absolute atomic E-state index is 7.92. The Morgan fingerprint density at radius 3 is 2.40 bits per heavy atom. The highest BCUT2D eigenvalue weighted by atomic mass is 16.3. The Balaban J connectivity index is 2.19. The van der Waals surface area contributed by atoms with Crippen molar-refractivity contribution in [2.45, 2.75) is 0 Å². The number of aliphatic hydroxyl groups excluding tert-OH is 1. The lowest BCUT2D eigenvalue weighted by atomic mass is 10.8. The summed E-state index contributed by atoms with van der Waals surface area (Å²) in [6.07, 6.45) is 0. The molecule has 2 nitrogen and oxygen atoms in total. The lowest BCUT2D eigenvalue weighted by Gasteiger charge is -1.85. The van der Waals surface area contributed by atoms with Gasteiger partial charge < -0.3 is 5.11 Å². The molecule has 0 fully saturated rings. The third-order valence-corrected chi connectivity index (χ3v) is 0.289. The molecule has 0 amide bonds. The summed E-state index contributed by atoms with van der Waals surface area (Å²) in [5, 5.41) is 10.5. The van der Waals surface area contributed by atoms with E-state index in [0.29, 0.717) is 6.54 Å². The van der Waals surface area contributed by atoms with Gasteiger partial charge in [-0.15, -0.1) is 0 Å². The first-order chi connectivity index (χ1) is 2.41. The monoisotopic (exact) mass is 74.1 g/mol. The predicted molar refractivity (Wildman–Crippen MR) is 20.4 cm³/mol. The van der Waals surface area contributed by atoms with Crippen LogP contribution in [-0.4, -0.2) is 18.4 Å². The van der Waals surface area contributed by atoms with Crippen LogP contribution in [0.4, 0.5) is 0 Å². The number of hydrogen-bond acceptors (Lipinski definition) is 2. The summed E-state index contributed by atoms with van der Waals surface area (Å²) < 4.78 is 0. The first kappa shape index (κ1) is 4.92. The third-order valence-electron chi connectivity index (χ3n) is 0.289. The molecule has 0 aromatic rings.